The molecule has 0 saturated heterocycles. The maximum atomic E-state index is 12.0. The predicted octanol–water partition coefficient (Wildman–Crippen LogP) is 2.06. The molecule has 1 fully saturated rings. The molecule has 0 amide bonds. The lowest BCUT2D eigenvalue weighted by atomic mass is 9.95. The molecule has 25 heavy (non-hydrogen) atoms. The molecule has 3 unspecified atom stereocenters. The van der Waals surface area contributed by atoms with Crippen LogP contribution in [0.2, 0.25) is 0 Å². The molecule has 0 aromatic heterocycles. The molecule has 1 aliphatic rings. The Morgan fingerprint density at radius 1 is 1.16 bits per heavy atom. The van der Waals surface area contributed by atoms with Gasteiger partial charge in [0.05, 0.1) is 19.8 Å². The summed E-state index contributed by atoms with van der Waals surface area (Å²) >= 11 is 0. The first-order chi connectivity index (χ1) is 12.2. The molecule has 0 heterocycles. The lowest BCUT2D eigenvalue weighted by molar-refractivity contribution is 0.0487. The molecule has 0 spiro atoms. The molecule has 1 rings (SSSR count). The smallest absolute Gasteiger partial charge is 0.191 e. The van der Waals surface area contributed by atoms with Gasteiger partial charge in [-0.3, -0.25) is 9.20 Å². The Morgan fingerprint density at radius 3 is 2.60 bits per heavy atom. The van der Waals surface area contributed by atoms with Crippen molar-refractivity contribution in [1.29, 1.82) is 0 Å². The molecule has 6 nitrogen and oxygen atoms in total. The molecular formula is C18H37N3O3S. The number of aliphatic imine (C=N–C) groups is 1. The standard InChI is InChI=1S/C18H37N3O3S/c1-4-6-11-23-13-14-24-12-10-20-18(19-3)21-16-8-7-9-17(15-16)25(22)5-2/h16-17H,4-15H2,1-3H3,(H2,19,20,21). The summed E-state index contributed by atoms with van der Waals surface area (Å²) in [5.41, 5.74) is 0. The van der Waals surface area contributed by atoms with Gasteiger partial charge in [-0.1, -0.05) is 26.7 Å². The van der Waals surface area contributed by atoms with Crippen molar-refractivity contribution in [2.75, 3.05) is 45.8 Å². The van der Waals surface area contributed by atoms with Crippen LogP contribution in [0.25, 0.3) is 0 Å². The largest absolute Gasteiger partial charge is 0.379 e. The fourth-order valence-electron chi connectivity index (χ4n) is 2.95. The summed E-state index contributed by atoms with van der Waals surface area (Å²) in [6, 6.07) is 0.355. The van der Waals surface area contributed by atoms with Crippen LogP contribution in [0.4, 0.5) is 0 Å². The Hall–Kier alpha value is -0.660. The van der Waals surface area contributed by atoms with Gasteiger partial charge in [0.25, 0.3) is 0 Å². The summed E-state index contributed by atoms with van der Waals surface area (Å²) < 4.78 is 23.0. The second-order valence-electron chi connectivity index (χ2n) is 6.38. The van der Waals surface area contributed by atoms with Crippen LogP contribution >= 0.6 is 0 Å². The average Bonchev–Trinajstić information content (AvgIpc) is 2.65. The Morgan fingerprint density at radius 2 is 1.92 bits per heavy atom. The number of ether oxygens (including phenoxy) is 2. The van der Waals surface area contributed by atoms with Gasteiger partial charge in [-0.15, -0.1) is 0 Å². The van der Waals surface area contributed by atoms with Crippen molar-refractivity contribution in [3.63, 3.8) is 0 Å². The van der Waals surface area contributed by atoms with Crippen LogP contribution < -0.4 is 10.6 Å². The average molecular weight is 376 g/mol. The molecule has 0 aromatic carbocycles. The lowest BCUT2D eigenvalue weighted by Gasteiger charge is -2.30. The highest BCUT2D eigenvalue weighted by Crippen LogP contribution is 2.22. The van der Waals surface area contributed by atoms with E-state index in [-0.39, 0.29) is 0 Å². The third-order valence-electron chi connectivity index (χ3n) is 4.40. The van der Waals surface area contributed by atoms with Crippen LogP contribution in [0.15, 0.2) is 4.99 Å². The summed E-state index contributed by atoms with van der Waals surface area (Å²) in [6.45, 7) is 7.61. The van der Waals surface area contributed by atoms with Crippen molar-refractivity contribution in [2.24, 2.45) is 4.99 Å². The van der Waals surface area contributed by atoms with E-state index in [9.17, 15) is 4.21 Å². The number of unbranched alkanes of at least 4 members (excludes halogenated alkanes) is 1. The van der Waals surface area contributed by atoms with Crippen molar-refractivity contribution in [1.82, 2.24) is 10.6 Å². The first-order valence-electron chi connectivity index (χ1n) is 9.71. The minimum atomic E-state index is -0.696. The number of nitrogens with zero attached hydrogens (tertiary/aromatic N) is 1. The zero-order valence-electron chi connectivity index (χ0n) is 16.2. The van der Waals surface area contributed by atoms with Gasteiger partial charge >= 0.3 is 0 Å². The molecule has 1 saturated carbocycles. The van der Waals surface area contributed by atoms with Gasteiger partial charge in [0.1, 0.15) is 0 Å². The third-order valence-corrected chi connectivity index (χ3v) is 6.14. The van der Waals surface area contributed by atoms with Gasteiger partial charge in [0.15, 0.2) is 5.96 Å². The van der Waals surface area contributed by atoms with Gasteiger partial charge in [-0.05, 0) is 25.7 Å². The van der Waals surface area contributed by atoms with Crippen LogP contribution in [-0.4, -0.2) is 67.2 Å². The van der Waals surface area contributed by atoms with E-state index >= 15 is 0 Å². The number of nitrogens with one attached hydrogen (secondary N) is 2. The highest BCUT2D eigenvalue weighted by molar-refractivity contribution is 7.85. The van der Waals surface area contributed by atoms with Crippen molar-refractivity contribution in [2.45, 2.75) is 63.7 Å². The van der Waals surface area contributed by atoms with Crippen molar-refractivity contribution >= 4 is 16.8 Å². The predicted molar refractivity (Wildman–Crippen MR) is 106 cm³/mol. The quantitative estimate of drug-likeness (QED) is 0.310. The summed E-state index contributed by atoms with van der Waals surface area (Å²) in [4.78, 5) is 4.28. The van der Waals surface area contributed by atoms with Crippen LogP contribution in [-0.2, 0) is 20.3 Å². The van der Waals surface area contributed by atoms with Crippen molar-refractivity contribution in [3.05, 3.63) is 0 Å². The van der Waals surface area contributed by atoms with Gasteiger partial charge in [0, 0.05) is 48.0 Å². The topological polar surface area (TPSA) is 72.0 Å². The molecule has 2 N–H and O–H groups in total. The molecule has 1 aliphatic carbocycles. The molecule has 7 heteroatoms. The summed E-state index contributed by atoms with van der Waals surface area (Å²) in [7, 11) is 1.08. The molecule has 0 aromatic rings. The maximum Gasteiger partial charge on any atom is 0.191 e. The van der Waals surface area contributed by atoms with E-state index in [2.05, 4.69) is 22.5 Å². The minimum absolute atomic E-state index is 0.324. The zero-order valence-corrected chi connectivity index (χ0v) is 17.0. The fraction of sp³-hybridized carbons (Fsp3) is 0.944. The Balaban J connectivity index is 2.13. The van der Waals surface area contributed by atoms with E-state index in [4.69, 9.17) is 9.47 Å². The van der Waals surface area contributed by atoms with Crippen LogP contribution in [0.1, 0.15) is 52.4 Å². The van der Waals surface area contributed by atoms with Crippen LogP contribution in [0.5, 0.6) is 0 Å². The second kappa shape index (κ2) is 14.5. The fourth-order valence-corrected chi connectivity index (χ4v) is 4.30. The lowest BCUT2D eigenvalue weighted by Crippen LogP contribution is -2.47. The van der Waals surface area contributed by atoms with Gasteiger partial charge in [-0.2, -0.15) is 0 Å². The van der Waals surface area contributed by atoms with Crippen LogP contribution in [0.3, 0.4) is 0 Å². The first-order valence-corrected chi connectivity index (χ1v) is 11.1. The van der Waals surface area contributed by atoms with E-state index in [0.29, 0.717) is 37.7 Å². The van der Waals surface area contributed by atoms with E-state index in [1.165, 1.54) is 0 Å². The summed E-state index contributed by atoms with van der Waals surface area (Å²) in [5, 5.41) is 7.07. The molecule has 0 aliphatic heterocycles. The maximum absolute atomic E-state index is 12.0. The van der Waals surface area contributed by atoms with Gasteiger partial charge < -0.3 is 20.1 Å². The van der Waals surface area contributed by atoms with E-state index in [1.54, 1.807) is 7.05 Å². The minimum Gasteiger partial charge on any atom is -0.379 e. The summed E-state index contributed by atoms with van der Waals surface area (Å²) in [6.07, 6.45) is 6.56. The van der Waals surface area contributed by atoms with Crippen LogP contribution in [0, 0.1) is 0 Å². The first kappa shape index (κ1) is 22.4. The molecule has 148 valence electrons. The number of hydrogen-bond donors (Lipinski definition) is 2. The number of hydrogen-bond acceptors (Lipinski definition) is 4. The highest BCUT2D eigenvalue weighted by Gasteiger charge is 2.25. The third kappa shape index (κ3) is 10.2. The SMILES string of the molecule is CCCCOCCOCCNC(=NC)NC1CCCC(S(=O)CC)C1. The van der Waals surface area contributed by atoms with E-state index in [1.807, 2.05) is 6.92 Å². The molecular weight excluding hydrogens is 338 g/mol. The highest BCUT2D eigenvalue weighted by atomic mass is 32.2. The number of rotatable bonds is 12. The molecule has 0 radical (unpaired) electrons. The van der Waals surface area contributed by atoms with Gasteiger partial charge in [-0.25, -0.2) is 0 Å². The van der Waals surface area contributed by atoms with Crippen molar-refractivity contribution < 1.29 is 13.7 Å². The monoisotopic (exact) mass is 375 g/mol. The number of guanidine groups is 1. The Labute approximate surface area is 156 Å². The van der Waals surface area contributed by atoms with E-state index < -0.39 is 10.8 Å². The molecule has 3 atom stereocenters. The Kier molecular flexibility index (Phi) is 13.0. The van der Waals surface area contributed by atoms with Crippen molar-refractivity contribution in [3.8, 4) is 0 Å². The second-order valence-corrected chi connectivity index (χ2v) is 8.38. The van der Waals surface area contributed by atoms with Gasteiger partial charge in [0.2, 0.25) is 0 Å². The normalized spacial score (nSPS) is 22.6. The zero-order chi connectivity index (χ0) is 18.3. The summed E-state index contributed by atoms with van der Waals surface area (Å²) in [5.74, 6) is 1.56. The Bertz CT molecular complexity index is 394. The molecule has 0 bridgehead atoms. The van der Waals surface area contributed by atoms with E-state index in [0.717, 1.165) is 56.8 Å².